The molecule has 1 saturated carbocycles. The molecule has 0 spiro atoms. The normalized spacial score (nSPS) is 16.4. The van der Waals surface area contributed by atoms with Crippen molar-refractivity contribution in [1.29, 1.82) is 0 Å². The van der Waals surface area contributed by atoms with Gasteiger partial charge in [0.2, 0.25) is 5.91 Å². The third kappa shape index (κ3) is 4.30. The number of carbonyl (C=O) groups is 1. The number of aromatic nitrogens is 3. The highest BCUT2D eigenvalue weighted by Gasteiger charge is 2.42. The van der Waals surface area contributed by atoms with Gasteiger partial charge in [0.15, 0.2) is 5.82 Å². The lowest BCUT2D eigenvalue weighted by Gasteiger charge is -2.18. The molecule has 1 aromatic rings. The third-order valence-electron chi connectivity index (χ3n) is 3.73. The summed E-state index contributed by atoms with van der Waals surface area (Å²) in [6, 6.07) is 0. The van der Waals surface area contributed by atoms with Gasteiger partial charge in [-0.15, -0.1) is 10.2 Å². The van der Waals surface area contributed by atoms with E-state index in [1.165, 1.54) is 19.3 Å². The van der Waals surface area contributed by atoms with Crippen LogP contribution in [0.3, 0.4) is 0 Å². The Kier molecular flexibility index (Phi) is 4.75. The lowest BCUT2D eigenvalue weighted by atomic mass is 9.94. The summed E-state index contributed by atoms with van der Waals surface area (Å²) in [5.41, 5.74) is 0.355. The number of hydrogen-bond donors (Lipinski definition) is 1. The quantitative estimate of drug-likeness (QED) is 0.778. The Morgan fingerprint density at radius 2 is 2.30 bits per heavy atom. The molecular formula is C14H24N4O2. The summed E-state index contributed by atoms with van der Waals surface area (Å²) in [7, 11) is 1.85. The van der Waals surface area contributed by atoms with Crippen LogP contribution in [0.1, 0.15) is 38.9 Å². The molecule has 1 aromatic heterocycles. The number of hydrogen-bond acceptors (Lipinski definition) is 4. The number of amides is 1. The first-order chi connectivity index (χ1) is 9.51. The van der Waals surface area contributed by atoms with Crippen LogP contribution in [0.2, 0.25) is 0 Å². The standard InChI is InChI=1S/C14H24N4O2/c1-11(2)6-14(4-5-14)9-15-13(19)8-20-7-12-17-16-10-18(12)3/h10-11H,4-9H2,1-3H3,(H,15,19). The van der Waals surface area contributed by atoms with E-state index >= 15 is 0 Å². The summed E-state index contributed by atoms with van der Waals surface area (Å²) < 4.78 is 7.13. The fourth-order valence-corrected chi connectivity index (χ4v) is 2.51. The first-order valence-corrected chi connectivity index (χ1v) is 7.18. The Bertz CT molecular complexity index is 452. The summed E-state index contributed by atoms with van der Waals surface area (Å²) in [6.45, 7) is 5.61. The number of nitrogens with one attached hydrogen (secondary N) is 1. The zero-order valence-electron chi connectivity index (χ0n) is 12.6. The first kappa shape index (κ1) is 15.0. The minimum absolute atomic E-state index is 0.0535. The van der Waals surface area contributed by atoms with E-state index in [-0.39, 0.29) is 12.5 Å². The smallest absolute Gasteiger partial charge is 0.246 e. The van der Waals surface area contributed by atoms with E-state index in [2.05, 4.69) is 29.4 Å². The maximum Gasteiger partial charge on any atom is 0.246 e. The van der Waals surface area contributed by atoms with Gasteiger partial charge in [0, 0.05) is 13.6 Å². The molecule has 1 aliphatic rings. The third-order valence-corrected chi connectivity index (χ3v) is 3.73. The summed E-state index contributed by atoms with van der Waals surface area (Å²) in [4.78, 5) is 11.7. The molecule has 0 bridgehead atoms. The average molecular weight is 280 g/mol. The van der Waals surface area contributed by atoms with E-state index in [1.54, 1.807) is 10.9 Å². The van der Waals surface area contributed by atoms with E-state index in [0.29, 0.717) is 17.9 Å². The van der Waals surface area contributed by atoms with Crippen molar-refractivity contribution in [2.75, 3.05) is 13.2 Å². The van der Waals surface area contributed by atoms with Gasteiger partial charge < -0.3 is 14.6 Å². The van der Waals surface area contributed by atoms with Crippen LogP contribution in [0.5, 0.6) is 0 Å². The molecule has 1 amide bonds. The minimum Gasteiger partial charge on any atom is -0.364 e. The highest BCUT2D eigenvalue weighted by Crippen LogP contribution is 2.49. The summed E-state index contributed by atoms with van der Waals surface area (Å²) in [5.74, 6) is 1.35. The predicted octanol–water partition coefficient (Wildman–Crippen LogP) is 1.27. The maximum atomic E-state index is 11.7. The Labute approximate surface area is 119 Å². The van der Waals surface area contributed by atoms with Crippen molar-refractivity contribution in [3.05, 3.63) is 12.2 Å². The van der Waals surface area contributed by atoms with E-state index in [0.717, 1.165) is 12.4 Å². The van der Waals surface area contributed by atoms with Crippen molar-refractivity contribution in [1.82, 2.24) is 20.1 Å². The molecule has 2 rings (SSSR count). The number of nitrogens with zero attached hydrogens (tertiary/aromatic N) is 3. The highest BCUT2D eigenvalue weighted by molar-refractivity contribution is 5.77. The van der Waals surface area contributed by atoms with Crippen LogP contribution in [0.25, 0.3) is 0 Å². The Morgan fingerprint density at radius 1 is 1.55 bits per heavy atom. The molecule has 0 aromatic carbocycles. The summed E-state index contributed by atoms with van der Waals surface area (Å²) in [6.07, 6.45) is 5.26. The van der Waals surface area contributed by atoms with E-state index in [4.69, 9.17) is 4.74 Å². The SMILES string of the molecule is CC(C)CC1(CNC(=O)COCc2nncn2C)CC1. The molecule has 6 heteroatoms. The fraction of sp³-hybridized carbons (Fsp3) is 0.786. The molecule has 1 fully saturated rings. The molecule has 0 atom stereocenters. The molecule has 0 unspecified atom stereocenters. The van der Waals surface area contributed by atoms with Gasteiger partial charge >= 0.3 is 0 Å². The number of carbonyl (C=O) groups excluding carboxylic acids is 1. The van der Waals surface area contributed by atoms with Crippen molar-refractivity contribution in [2.45, 2.75) is 39.7 Å². The van der Waals surface area contributed by atoms with Crippen molar-refractivity contribution >= 4 is 5.91 Å². The van der Waals surface area contributed by atoms with Crippen molar-refractivity contribution in [3.63, 3.8) is 0 Å². The van der Waals surface area contributed by atoms with Crippen molar-refractivity contribution in [3.8, 4) is 0 Å². The van der Waals surface area contributed by atoms with Gasteiger partial charge in [-0.3, -0.25) is 4.79 Å². The number of rotatable bonds is 8. The van der Waals surface area contributed by atoms with Gasteiger partial charge in [-0.05, 0) is 30.6 Å². The highest BCUT2D eigenvalue weighted by atomic mass is 16.5. The molecule has 0 saturated heterocycles. The molecule has 0 aliphatic heterocycles. The largest absolute Gasteiger partial charge is 0.364 e. The van der Waals surface area contributed by atoms with Crippen LogP contribution in [-0.2, 0) is 23.2 Å². The van der Waals surface area contributed by atoms with Gasteiger partial charge in [0.25, 0.3) is 0 Å². The summed E-state index contributed by atoms with van der Waals surface area (Å²) in [5, 5.41) is 10.6. The zero-order valence-corrected chi connectivity index (χ0v) is 12.6. The molecule has 1 heterocycles. The van der Waals surface area contributed by atoms with E-state index in [9.17, 15) is 4.79 Å². The van der Waals surface area contributed by atoms with Crippen LogP contribution < -0.4 is 5.32 Å². The lowest BCUT2D eigenvalue weighted by molar-refractivity contribution is -0.126. The average Bonchev–Trinajstić information content (AvgIpc) is 3.02. The van der Waals surface area contributed by atoms with Crippen LogP contribution in [0.15, 0.2) is 6.33 Å². The monoisotopic (exact) mass is 280 g/mol. The molecule has 0 radical (unpaired) electrons. The molecular weight excluding hydrogens is 256 g/mol. The van der Waals surface area contributed by atoms with Gasteiger partial charge in [-0.25, -0.2) is 0 Å². The van der Waals surface area contributed by atoms with Gasteiger partial charge in [-0.2, -0.15) is 0 Å². The van der Waals surface area contributed by atoms with E-state index in [1.807, 2.05) is 7.05 Å². The Morgan fingerprint density at radius 3 is 2.85 bits per heavy atom. The second kappa shape index (κ2) is 6.35. The number of aryl methyl sites for hydroxylation is 1. The maximum absolute atomic E-state index is 11.7. The van der Waals surface area contributed by atoms with Crippen LogP contribution in [0, 0.1) is 11.3 Å². The van der Waals surface area contributed by atoms with Crippen LogP contribution in [-0.4, -0.2) is 33.8 Å². The first-order valence-electron chi connectivity index (χ1n) is 7.18. The second-order valence-corrected chi connectivity index (χ2v) is 6.23. The summed E-state index contributed by atoms with van der Waals surface area (Å²) >= 11 is 0. The minimum atomic E-state index is -0.0535. The fourth-order valence-electron chi connectivity index (χ4n) is 2.51. The van der Waals surface area contributed by atoms with Crippen LogP contribution in [0.4, 0.5) is 0 Å². The molecule has 112 valence electrons. The Hall–Kier alpha value is -1.43. The Balaban J connectivity index is 1.63. The molecule has 1 N–H and O–H groups in total. The van der Waals surface area contributed by atoms with E-state index < -0.39 is 0 Å². The number of ether oxygens (including phenoxy) is 1. The molecule has 6 nitrogen and oxygen atoms in total. The predicted molar refractivity (Wildman–Crippen MR) is 74.8 cm³/mol. The van der Waals surface area contributed by atoms with Gasteiger partial charge in [0.1, 0.15) is 19.5 Å². The molecule has 1 aliphatic carbocycles. The van der Waals surface area contributed by atoms with Crippen molar-refractivity contribution in [2.24, 2.45) is 18.4 Å². The zero-order chi connectivity index (χ0) is 14.6. The van der Waals surface area contributed by atoms with Crippen LogP contribution >= 0.6 is 0 Å². The lowest BCUT2D eigenvalue weighted by Crippen LogP contribution is -2.33. The second-order valence-electron chi connectivity index (χ2n) is 6.23. The van der Waals surface area contributed by atoms with Gasteiger partial charge in [0.05, 0.1) is 0 Å². The molecule has 20 heavy (non-hydrogen) atoms. The van der Waals surface area contributed by atoms with Crippen molar-refractivity contribution < 1.29 is 9.53 Å². The van der Waals surface area contributed by atoms with Gasteiger partial charge in [-0.1, -0.05) is 13.8 Å². The topological polar surface area (TPSA) is 69.0 Å².